The molecule has 0 aliphatic rings. The van der Waals surface area contributed by atoms with E-state index < -0.39 is 9.04 Å². The lowest BCUT2D eigenvalue weighted by molar-refractivity contribution is 0.382. The van der Waals surface area contributed by atoms with Crippen LogP contribution in [0.4, 0.5) is 0 Å². The third kappa shape index (κ3) is 3.42. The highest BCUT2D eigenvalue weighted by Crippen LogP contribution is 1.95. The van der Waals surface area contributed by atoms with Gasteiger partial charge in [-0.15, -0.1) is 0 Å². The molecule has 0 saturated heterocycles. The van der Waals surface area contributed by atoms with Crippen LogP contribution in [0.25, 0.3) is 0 Å². The summed E-state index contributed by atoms with van der Waals surface area (Å²) in [7, 11) is -0.914. The third-order valence-electron chi connectivity index (χ3n) is 1.22. The molecule has 0 radical (unpaired) electrons. The van der Waals surface area contributed by atoms with Gasteiger partial charge in [0.1, 0.15) is 0 Å². The van der Waals surface area contributed by atoms with Crippen molar-refractivity contribution >= 4 is 9.04 Å². The second-order valence-electron chi connectivity index (χ2n) is 2.64. The molecule has 0 N–H and O–H groups in total. The van der Waals surface area contributed by atoms with Crippen molar-refractivity contribution in [2.45, 2.75) is 13.1 Å². The Morgan fingerprint density at radius 3 is 3.00 bits per heavy atom. The van der Waals surface area contributed by atoms with E-state index in [9.17, 15) is 0 Å². The quantitative estimate of drug-likeness (QED) is 0.510. The van der Waals surface area contributed by atoms with Gasteiger partial charge in [-0.2, -0.15) is 0 Å². The average molecular weight is 180 g/mol. The van der Waals surface area contributed by atoms with Gasteiger partial charge in [0.2, 0.25) is 0 Å². The highest BCUT2D eigenvalue weighted by molar-refractivity contribution is 6.48. The Labute approximate surface area is 74.3 Å². The van der Waals surface area contributed by atoms with Crippen LogP contribution in [-0.2, 0) is 4.43 Å². The molecule has 0 fully saturated rings. The SMILES string of the molecule is C[SiH](C)OCC#Cc1ccco1. The summed E-state index contributed by atoms with van der Waals surface area (Å²) >= 11 is 0. The lowest BCUT2D eigenvalue weighted by atomic mass is 10.4. The van der Waals surface area contributed by atoms with Crippen LogP contribution >= 0.6 is 0 Å². The minimum atomic E-state index is -0.914. The van der Waals surface area contributed by atoms with Crippen LogP contribution in [-0.4, -0.2) is 15.6 Å². The standard InChI is InChI=1S/C9H12O2Si/c1-12(2)11-8-4-6-9-5-3-7-10-9/h3,5,7,12H,8H2,1-2H3. The van der Waals surface area contributed by atoms with E-state index in [0.717, 1.165) is 0 Å². The van der Waals surface area contributed by atoms with E-state index >= 15 is 0 Å². The van der Waals surface area contributed by atoms with E-state index in [-0.39, 0.29) is 0 Å². The lowest BCUT2D eigenvalue weighted by Gasteiger charge is -1.98. The first-order valence-electron chi connectivity index (χ1n) is 3.93. The fourth-order valence-corrected chi connectivity index (χ4v) is 1.10. The van der Waals surface area contributed by atoms with Crippen molar-refractivity contribution in [3.8, 4) is 11.8 Å². The zero-order chi connectivity index (χ0) is 8.81. The van der Waals surface area contributed by atoms with E-state index in [2.05, 4.69) is 24.9 Å². The van der Waals surface area contributed by atoms with E-state index in [1.807, 2.05) is 12.1 Å². The summed E-state index contributed by atoms with van der Waals surface area (Å²) in [6, 6.07) is 3.65. The summed E-state index contributed by atoms with van der Waals surface area (Å²) in [5.74, 6) is 6.45. The molecule has 0 amide bonds. The first kappa shape index (κ1) is 9.11. The zero-order valence-electron chi connectivity index (χ0n) is 7.33. The Morgan fingerprint density at radius 1 is 1.58 bits per heavy atom. The maximum absolute atomic E-state index is 5.36. The van der Waals surface area contributed by atoms with Gasteiger partial charge in [0.25, 0.3) is 0 Å². The summed E-state index contributed by atoms with van der Waals surface area (Å²) < 4.78 is 10.4. The van der Waals surface area contributed by atoms with Crippen molar-refractivity contribution in [3.63, 3.8) is 0 Å². The summed E-state index contributed by atoms with van der Waals surface area (Å²) in [6.07, 6.45) is 1.61. The lowest BCUT2D eigenvalue weighted by Crippen LogP contribution is -2.06. The van der Waals surface area contributed by atoms with E-state index in [1.165, 1.54) is 0 Å². The van der Waals surface area contributed by atoms with Crippen molar-refractivity contribution < 1.29 is 8.84 Å². The van der Waals surface area contributed by atoms with E-state index in [1.54, 1.807) is 6.26 Å². The molecule has 1 rings (SSSR count). The predicted octanol–water partition coefficient (Wildman–Crippen LogP) is 1.63. The molecule has 0 atom stereocenters. The molecule has 1 heterocycles. The second-order valence-corrected chi connectivity index (χ2v) is 5.07. The molecule has 1 aromatic heterocycles. The Bertz CT molecular complexity index is 266. The maximum atomic E-state index is 5.36. The molecule has 0 aromatic carbocycles. The van der Waals surface area contributed by atoms with Crippen LogP contribution in [0.1, 0.15) is 5.76 Å². The average Bonchev–Trinajstić information content (AvgIpc) is 2.49. The van der Waals surface area contributed by atoms with Gasteiger partial charge in [-0.1, -0.05) is 5.92 Å². The molecule has 0 bridgehead atoms. The highest BCUT2D eigenvalue weighted by atomic mass is 28.3. The van der Waals surface area contributed by atoms with Crippen molar-refractivity contribution in [2.24, 2.45) is 0 Å². The predicted molar refractivity (Wildman–Crippen MR) is 50.4 cm³/mol. The van der Waals surface area contributed by atoms with Gasteiger partial charge in [0, 0.05) is 0 Å². The molecule has 2 nitrogen and oxygen atoms in total. The molecule has 0 aliphatic carbocycles. The summed E-state index contributed by atoms with van der Waals surface area (Å²) in [5, 5.41) is 0. The normalized spacial score (nSPS) is 9.58. The molecule has 12 heavy (non-hydrogen) atoms. The first-order valence-corrected chi connectivity index (χ1v) is 6.71. The largest absolute Gasteiger partial charge is 0.456 e. The van der Waals surface area contributed by atoms with Gasteiger partial charge in [-0.05, 0) is 31.1 Å². The molecule has 64 valence electrons. The summed E-state index contributed by atoms with van der Waals surface area (Å²) in [4.78, 5) is 0. The van der Waals surface area contributed by atoms with Crippen molar-refractivity contribution in [3.05, 3.63) is 24.2 Å². The Morgan fingerprint density at radius 2 is 2.42 bits per heavy atom. The van der Waals surface area contributed by atoms with Gasteiger partial charge in [0.15, 0.2) is 14.8 Å². The van der Waals surface area contributed by atoms with Crippen LogP contribution in [0, 0.1) is 11.8 Å². The molecule has 0 saturated carbocycles. The van der Waals surface area contributed by atoms with Crippen LogP contribution in [0.3, 0.4) is 0 Å². The molecular weight excluding hydrogens is 168 g/mol. The van der Waals surface area contributed by atoms with Gasteiger partial charge in [-0.3, -0.25) is 0 Å². The van der Waals surface area contributed by atoms with Gasteiger partial charge in [-0.25, -0.2) is 0 Å². The summed E-state index contributed by atoms with van der Waals surface area (Å²) in [6.45, 7) is 4.76. The number of furan rings is 1. The van der Waals surface area contributed by atoms with Crippen LogP contribution in [0.5, 0.6) is 0 Å². The number of hydrogen-bond donors (Lipinski definition) is 0. The van der Waals surface area contributed by atoms with Crippen LogP contribution in [0.15, 0.2) is 22.8 Å². The van der Waals surface area contributed by atoms with Gasteiger partial charge < -0.3 is 8.84 Å². The molecule has 0 aliphatic heterocycles. The smallest absolute Gasteiger partial charge is 0.176 e. The third-order valence-corrected chi connectivity index (χ3v) is 2.05. The van der Waals surface area contributed by atoms with Gasteiger partial charge in [0.05, 0.1) is 12.9 Å². The monoisotopic (exact) mass is 180 g/mol. The molecular formula is C9H12O2Si. The number of hydrogen-bond acceptors (Lipinski definition) is 2. The van der Waals surface area contributed by atoms with Crippen LogP contribution < -0.4 is 0 Å². The minimum absolute atomic E-state index is 0.518. The molecule has 1 aromatic rings. The number of rotatable bonds is 2. The van der Waals surface area contributed by atoms with Crippen molar-refractivity contribution in [1.29, 1.82) is 0 Å². The fraction of sp³-hybridized carbons (Fsp3) is 0.333. The molecule has 0 unspecified atom stereocenters. The Hall–Kier alpha value is -0.983. The Kier molecular flexibility index (Phi) is 3.65. The van der Waals surface area contributed by atoms with E-state index in [4.69, 9.17) is 8.84 Å². The van der Waals surface area contributed by atoms with Gasteiger partial charge >= 0.3 is 0 Å². The first-order chi connectivity index (χ1) is 5.79. The van der Waals surface area contributed by atoms with E-state index in [0.29, 0.717) is 12.4 Å². The summed E-state index contributed by atoms with van der Waals surface area (Å²) in [5.41, 5.74) is 0. The highest BCUT2D eigenvalue weighted by Gasteiger charge is 1.91. The molecule has 0 spiro atoms. The van der Waals surface area contributed by atoms with Crippen LogP contribution in [0.2, 0.25) is 13.1 Å². The molecule has 3 heteroatoms. The Balaban J connectivity index is 2.30. The minimum Gasteiger partial charge on any atom is -0.456 e. The van der Waals surface area contributed by atoms with Crippen molar-refractivity contribution in [1.82, 2.24) is 0 Å². The fourth-order valence-electron chi connectivity index (χ4n) is 0.681. The van der Waals surface area contributed by atoms with Crippen molar-refractivity contribution in [2.75, 3.05) is 6.61 Å². The maximum Gasteiger partial charge on any atom is 0.176 e. The zero-order valence-corrected chi connectivity index (χ0v) is 8.49. The second kappa shape index (κ2) is 4.81. The topological polar surface area (TPSA) is 22.4 Å².